The lowest BCUT2D eigenvalue weighted by molar-refractivity contribution is 0.0550. The van der Waals surface area contributed by atoms with Crippen molar-refractivity contribution in [2.45, 2.75) is 13.3 Å². The lowest BCUT2D eigenvalue weighted by atomic mass is 9.96. The molecule has 4 rings (SSSR count). The number of aryl methyl sites for hydroxylation is 1. The molecule has 1 heterocycles. The van der Waals surface area contributed by atoms with Crippen molar-refractivity contribution in [2.75, 3.05) is 21.3 Å². The number of carbonyl (C=O) groups excluding carboxylic acids is 2. The molecule has 0 saturated carbocycles. The van der Waals surface area contributed by atoms with Crippen molar-refractivity contribution >= 4 is 11.9 Å². The van der Waals surface area contributed by atoms with E-state index < -0.39 is 11.9 Å². The van der Waals surface area contributed by atoms with E-state index in [-0.39, 0.29) is 11.3 Å². The molecule has 4 aromatic rings. The van der Waals surface area contributed by atoms with E-state index in [1.165, 1.54) is 14.2 Å². The summed E-state index contributed by atoms with van der Waals surface area (Å²) in [7, 11) is 4.21. The number of hydrogen-bond acceptors (Lipinski definition) is 5. The Morgan fingerprint density at radius 3 is 1.97 bits per heavy atom. The Morgan fingerprint density at radius 1 is 0.771 bits per heavy atom. The fourth-order valence-electron chi connectivity index (χ4n) is 4.22. The Hall–Kier alpha value is -4.32. The highest BCUT2D eigenvalue weighted by Gasteiger charge is 2.33. The molecule has 3 aromatic carbocycles. The lowest BCUT2D eigenvalue weighted by Crippen LogP contribution is -2.16. The maximum absolute atomic E-state index is 13.2. The molecule has 0 N–H and O–H groups in total. The minimum Gasteiger partial charge on any atom is -0.497 e. The van der Waals surface area contributed by atoms with Crippen LogP contribution in [-0.2, 0) is 15.9 Å². The monoisotopic (exact) mass is 469 g/mol. The number of ether oxygens (including phenoxy) is 3. The molecule has 6 heteroatoms. The SMILES string of the molecule is COC(=O)c1c(-c2ccc(C)cc2)c(Cc2ccccc2)n(-c2ccc(OC)cc2)c1C(=O)OC. The van der Waals surface area contributed by atoms with Gasteiger partial charge < -0.3 is 18.8 Å². The standard InChI is InChI=1S/C29H27NO5/c1-19-10-12-21(13-11-19)25-24(18-20-8-6-5-7-9-20)30(22-14-16-23(33-2)17-15-22)27(29(32)35-4)26(25)28(31)34-3/h5-17H,18H2,1-4H3. The topological polar surface area (TPSA) is 66.8 Å². The third kappa shape index (κ3) is 4.68. The summed E-state index contributed by atoms with van der Waals surface area (Å²) in [6.45, 7) is 2.00. The van der Waals surface area contributed by atoms with Crippen LogP contribution in [0.15, 0.2) is 78.9 Å². The highest BCUT2D eigenvalue weighted by atomic mass is 16.5. The molecule has 0 spiro atoms. The molecule has 0 atom stereocenters. The van der Waals surface area contributed by atoms with Gasteiger partial charge in [-0.15, -0.1) is 0 Å². The van der Waals surface area contributed by atoms with E-state index in [9.17, 15) is 9.59 Å². The predicted molar refractivity (Wildman–Crippen MR) is 134 cm³/mol. The normalized spacial score (nSPS) is 10.6. The van der Waals surface area contributed by atoms with Crippen LogP contribution in [0.2, 0.25) is 0 Å². The average Bonchev–Trinajstić information content (AvgIpc) is 3.23. The summed E-state index contributed by atoms with van der Waals surface area (Å²) in [5.41, 5.74) is 5.31. The Kier molecular flexibility index (Phi) is 7.01. The van der Waals surface area contributed by atoms with Gasteiger partial charge in [-0.2, -0.15) is 0 Å². The van der Waals surface area contributed by atoms with Crippen molar-refractivity contribution in [3.8, 4) is 22.6 Å². The molecule has 0 aliphatic rings. The van der Waals surface area contributed by atoms with Gasteiger partial charge in [-0.05, 0) is 42.3 Å². The molecule has 0 radical (unpaired) electrons. The molecule has 0 amide bonds. The Labute approximate surface area is 204 Å². The predicted octanol–water partition coefficient (Wildman–Crippen LogP) is 5.63. The molecule has 0 unspecified atom stereocenters. The molecule has 0 saturated heterocycles. The lowest BCUT2D eigenvalue weighted by Gasteiger charge is -2.15. The number of aromatic nitrogens is 1. The molecular weight excluding hydrogens is 442 g/mol. The van der Waals surface area contributed by atoms with Crippen molar-refractivity contribution in [3.05, 3.63) is 107 Å². The van der Waals surface area contributed by atoms with E-state index in [1.54, 1.807) is 11.7 Å². The van der Waals surface area contributed by atoms with E-state index in [0.29, 0.717) is 23.4 Å². The van der Waals surface area contributed by atoms with Gasteiger partial charge >= 0.3 is 11.9 Å². The van der Waals surface area contributed by atoms with Crippen molar-refractivity contribution < 1.29 is 23.8 Å². The first-order chi connectivity index (χ1) is 17.0. The highest BCUT2D eigenvalue weighted by molar-refractivity contribution is 6.09. The number of benzene rings is 3. The summed E-state index contributed by atoms with van der Waals surface area (Å²) in [5, 5.41) is 0. The summed E-state index contributed by atoms with van der Waals surface area (Å²) in [5.74, 6) is -0.562. The zero-order valence-corrected chi connectivity index (χ0v) is 20.2. The maximum Gasteiger partial charge on any atom is 0.355 e. The second-order valence-electron chi connectivity index (χ2n) is 8.09. The average molecular weight is 470 g/mol. The van der Waals surface area contributed by atoms with Crippen molar-refractivity contribution in [1.82, 2.24) is 4.57 Å². The molecule has 0 aliphatic heterocycles. The first-order valence-electron chi connectivity index (χ1n) is 11.2. The second kappa shape index (κ2) is 10.3. The van der Waals surface area contributed by atoms with Crippen LogP contribution in [0.5, 0.6) is 5.75 Å². The van der Waals surface area contributed by atoms with Crippen LogP contribution in [0.25, 0.3) is 16.8 Å². The first-order valence-corrected chi connectivity index (χ1v) is 11.2. The molecule has 6 nitrogen and oxygen atoms in total. The Balaban J connectivity index is 2.13. The van der Waals surface area contributed by atoms with Crippen LogP contribution in [0.4, 0.5) is 0 Å². The van der Waals surface area contributed by atoms with Gasteiger partial charge in [0, 0.05) is 23.4 Å². The second-order valence-corrected chi connectivity index (χ2v) is 8.09. The number of esters is 2. The van der Waals surface area contributed by atoms with E-state index in [2.05, 4.69) is 0 Å². The van der Waals surface area contributed by atoms with Crippen LogP contribution in [0.1, 0.15) is 37.7 Å². The highest BCUT2D eigenvalue weighted by Crippen LogP contribution is 2.38. The molecule has 0 bridgehead atoms. The van der Waals surface area contributed by atoms with Gasteiger partial charge in [0.25, 0.3) is 0 Å². The van der Waals surface area contributed by atoms with Crippen molar-refractivity contribution in [1.29, 1.82) is 0 Å². The molecule has 1 aromatic heterocycles. The Bertz CT molecular complexity index is 1340. The van der Waals surface area contributed by atoms with Crippen LogP contribution >= 0.6 is 0 Å². The molecular formula is C29H27NO5. The fourth-order valence-corrected chi connectivity index (χ4v) is 4.22. The third-order valence-corrected chi connectivity index (χ3v) is 5.92. The van der Waals surface area contributed by atoms with Crippen LogP contribution < -0.4 is 4.74 Å². The van der Waals surface area contributed by atoms with Crippen LogP contribution in [0.3, 0.4) is 0 Å². The van der Waals surface area contributed by atoms with Crippen molar-refractivity contribution in [2.24, 2.45) is 0 Å². The summed E-state index contributed by atoms with van der Waals surface area (Å²) < 4.78 is 17.4. The molecule has 0 aliphatic carbocycles. The summed E-state index contributed by atoms with van der Waals surface area (Å²) in [6.07, 6.45) is 0.469. The van der Waals surface area contributed by atoms with E-state index in [1.807, 2.05) is 85.8 Å². The number of rotatable bonds is 7. The minimum atomic E-state index is -0.631. The zero-order chi connectivity index (χ0) is 24.9. The number of methoxy groups -OCH3 is 3. The van der Waals surface area contributed by atoms with Gasteiger partial charge in [0.1, 0.15) is 17.0 Å². The number of carbonyl (C=O) groups is 2. The van der Waals surface area contributed by atoms with E-state index in [0.717, 1.165) is 22.4 Å². The van der Waals surface area contributed by atoms with Gasteiger partial charge in [-0.3, -0.25) is 0 Å². The molecule has 178 valence electrons. The van der Waals surface area contributed by atoms with Crippen molar-refractivity contribution in [3.63, 3.8) is 0 Å². The zero-order valence-electron chi connectivity index (χ0n) is 20.2. The summed E-state index contributed by atoms with van der Waals surface area (Å²) in [4.78, 5) is 26.4. The summed E-state index contributed by atoms with van der Waals surface area (Å²) >= 11 is 0. The largest absolute Gasteiger partial charge is 0.497 e. The maximum atomic E-state index is 13.2. The van der Waals surface area contributed by atoms with Gasteiger partial charge in [0.05, 0.1) is 21.3 Å². The van der Waals surface area contributed by atoms with Gasteiger partial charge in [0.2, 0.25) is 0 Å². The van der Waals surface area contributed by atoms with Crippen LogP contribution in [-0.4, -0.2) is 37.8 Å². The van der Waals surface area contributed by atoms with E-state index in [4.69, 9.17) is 14.2 Å². The minimum absolute atomic E-state index is 0.117. The quantitative estimate of drug-likeness (QED) is 0.329. The van der Waals surface area contributed by atoms with E-state index >= 15 is 0 Å². The Morgan fingerprint density at radius 2 is 1.40 bits per heavy atom. The van der Waals surface area contributed by atoms with Gasteiger partial charge in [-0.1, -0.05) is 60.2 Å². The van der Waals surface area contributed by atoms with Gasteiger partial charge in [0.15, 0.2) is 0 Å². The number of nitrogens with zero attached hydrogens (tertiary/aromatic N) is 1. The first kappa shape index (κ1) is 23.8. The summed E-state index contributed by atoms with van der Waals surface area (Å²) in [6, 6.07) is 25.1. The number of hydrogen-bond donors (Lipinski definition) is 0. The smallest absolute Gasteiger partial charge is 0.355 e. The molecule has 35 heavy (non-hydrogen) atoms. The fraction of sp³-hybridized carbons (Fsp3) is 0.172. The third-order valence-electron chi connectivity index (χ3n) is 5.92. The van der Waals surface area contributed by atoms with Gasteiger partial charge in [-0.25, -0.2) is 9.59 Å². The molecule has 0 fully saturated rings. The van der Waals surface area contributed by atoms with Crippen LogP contribution in [0, 0.1) is 6.92 Å².